The van der Waals surface area contributed by atoms with Gasteiger partial charge in [-0.05, 0) is 43.7 Å². The Morgan fingerprint density at radius 1 is 1.08 bits per heavy atom. The Labute approximate surface area is 141 Å². The minimum Gasteiger partial charge on any atom is -0.258 e. The zero-order valence-corrected chi connectivity index (χ0v) is 13.4. The SMILES string of the molecule is C.C/C(=N/NS(=O)(=O)c1ccc(C)cc1)c1ccc([N+](=O)[O-])cc1. The second-order valence-corrected chi connectivity index (χ2v) is 6.57. The number of sulfonamides is 1. The van der Waals surface area contributed by atoms with Crippen LogP contribution >= 0.6 is 0 Å². The Bertz CT molecular complexity index is 842. The Balaban J connectivity index is 0.00000288. The van der Waals surface area contributed by atoms with Crippen molar-refractivity contribution in [3.63, 3.8) is 0 Å². The number of nitrogens with one attached hydrogen (secondary N) is 1. The third kappa shape index (κ3) is 4.63. The third-order valence-corrected chi connectivity index (χ3v) is 4.39. The van der Waals surface area contributed by atoms with E-state index in [1.807, 2.05) is 6.92 Å². The van der Waals surface area contributed by atoms with Crippen LogP contribution in [0, 0.1) is 17.0 Å². The summed E-state index contributed by atoms with van der Waals surface area (Å²) >= 11 is 0. The first-order valence-corrected chi connectivity index (χ1v) is 8.15. The van der Waals surface area contributed by atoms with Gasteiger partial charge in [0.1, 0.15) is 0 Å². The standard InChI is InChI=1S/C15H15N3O4S.CH4/c1-11-3-9-15(10-4-11)23(21,22)17-16-12(2)13-5-7-14(8-6-13)18(19)20;/h3-10,17H,1-2H3;1H4/b16-12-;. The molecular formula is C16H19N3O4S. The molecule has 0 bridgehead atoms. The van der Waals surface area contributed by atoms with Crippen LogP contribution in [-0.2, 0) is 10.0 Å². The minimum atomic E-state index is -3.75. The van der Waals surface area contributed by atoms with Crippen LogP contribution in [0.3, 0.4) is 0 Å². The first-order chi connectivity index (χ1) is 10.8. The Kier molecular flexibility index (Phi) is 6.19. The van der Waals surface area contributed by atoms with Gasteiger partial charge in [-0.15, -0.1) is 0 Å². The van der Waals surface area contributed by atoms with Crippen LogP contribution in [0.1, 0.15) is 25.5 Å². The Morgan fingerprint density at radius 2 is 1.62 bits per heavy atom. The van der Waals surface area contributed by atoms with Gasteiger partial charge in [-0.3, -0.25) is 10.1 Å². The van der Waals surface area contributed by atoms with Crippen molar-refractivity contribution < 1.29 is 13.3 Å². The van der Waals surface area contributed by atoms with E-state index in [1.165, 1.54) is 36.4 Å². The molecule has 0 amide bonds. The van der Waals surface area contributed by atoms with Crippen LogP contribution in [0.5, 0.6) is 0 Å². The van der Waals surface area contributed by atoms with Crippen molar-refractivity contribution in [3.05, 3.63) is 69.8 Å². The van der Waals surface area contributed by atoms with Crippen LogP contribution < -0.4 is 4.83 Å². The lowest BCUT2D eigenvalue weighted by Gasteiger charge is -2.05. The molecule has 0 aliphatic heterocycles. The van der Waals surface area contributed by atoms with Crippen LogP contribution in [0.2, 0.25) is 0 Å². The molecule has 0 fully saturated rings. The van der Waals surface area contributed by atoms with Crippen molar-refractivity contribution in [1.82, 2.24) is 4.83 Å². The van der Waals surface area contributed by atoms with Gasteiger partial charge in [-0.25, -0.2) is 0 Å². The number of aryl methyl sites for hydroxylation is 1. The maximum atomic E-state index is 12.1. The molecule has 128 valence electrons. The van der Waals surface area contributed by atoms with E-state index in [4.69, 9.17) is 0 Å². The smallest absolute Gasteiger partial charge is 0.258 e. The highest BCUT2D eigenvalue weighted by molar-refractivity contribution is 7.89. The molecule has 0 saturated heterocycles. The summed E-state index contributed by atoms with van der Waals surface area (Å²) in [7, 11) is -3.75. The fourth-order valence-corrected chi connectivity index (χ4v) is 2.64. The van der Waals surface area contributed by atoms with E-state index in [0.717, 1.165) is 5.56 Å². The number of rotatable bonds is 5. The summed E-state index contributed by atoms with van der Waals surface area (Å²) in [5.41, 5.74) is 1.90. The summed E-state index contributed by atoms with van der Waals surface area (Å²) in [6, 6.07) is 12.1. The van der Waals surface area contributed by atoms with Crippen molar-refractivity contribution in [2.45, 2.75) is 26.2 Å². The summed E-state index contributed by atoms with van der Waals surface area (Å²) in [5, 5.41) is 14.5. The Morgan fingerprint density at radius 3 is 2.12 bits per heavy atom. The first-order valence-electron chi connectivity index (χ1n) is 6.67. The molecule has 0 spiro atoms. The number of nitro groups is 1. The molecule has 0 aliphatic carbocycles. The van der Waals surface area contributed by atoms with E-state index in [1.54, 1.807) is 19.1 Å². The predicted molar refractivity (Wildman–Crippen MR) is 93.5 cm³/mol. The summed E-state index contributed by atoms with van der Waals surface area (Å²) in [6.45, 7) is 3.47. The van der Waals surface area contributed by atoms with Crippen LogP contribution in [0.15, 0.2) is 58.5 Å². The van der Waals surface area contributed by atoms with E-state index in [-0.39, 0.29) is 18.0 Å². The maximum absolute atomic E-state index is 12.1. The van der Waals surface area contributed by atoms with Crippen molar-refractivity contribution in [1.29, 1.82) is 0 Å². The zero-order chi connectivity index (χ0) is 17.0. The van der Waals surface area contributed by atoms with Crippen LogP contribution in [0.25, 0.3) is 0 Å². The lowest BCUT2D eigenvalue weighted by Crippen LogP contribution is -2.19. The molecule has 2 rings (SSSR count). The average Bonchev–Trinajstić information content (AvgIpc) is 2.53. The topological polar surface area (TPSA) is 102 Å². The van der Waals surface area contributed by atoms with Gasteiger partial charge in [0.05, 0.1) is 15.5 Å². The van der Waals surface area contributed by atoms with Gasteiger partial charge in [0.25, 0.3) is 15.7 Å². The third-order valence-electron chi connectivity index (χ3n) is 3.16. The molecule has 0 saturated carbocycles. The Hall–Kier alpha value is -2.74. The quantitative estimate of drug-likeness (QED) is 0.508. The number of hydrogen-bond donors (Lipinski definition) is 1. The lowest BCUT2D eigenvalue weighted by atomic mass is 10.1. The monoisotopic (exact) mass is 349 g/mol. The van der Waals surface area contributed by atoms with E-state index < -0.39 is 14.9 Å². The van der Waals surface area contributed by atoms with E-state index in [0.29, 0.717) is 11.3 Å². The number of nitrogens with zero attached hydrogens (tertiary/aromatic N) is 2. The lowest BCUT2D eigenvalue weighted by molar-refractivity contribution is -0.384. The number of hydrogen-bond acceptors (Lipinski definition) is 5. The molecule has 7 nitrogen and oxygen atoms in total. The van der Waals surface area contributed by atoms with Crippen molar-refractivity contribution in [3.8, 4) is 0 Å². The molecule has 0 aliphatic rings. The molecular weight excluding hydrogens is 330 g/mol. The molecule has 24 heavy (non-hydrogen) atoms. The number of non-ortho nitro benzene ring substituents is 1. The molecule has 0 atom stereocenters. The molecule has 2 aromatic carbocycles. The van der Waals surface area contributed by atoms with E-state index in [9.17, 15) is 18.5 Å². The highest BCUT2D eigenvalue weighted by Gasteiger charge is 2.13. The molecule has 1 N–H and O–H groups in total. The van der Waals surface area contributed by atoms with Gasteiger partial charge < -0.3 is 0 Å². The molecule has 0 heterocycles. The zero-order valence-electron chi connectivity index (χ0n) is 12.6. The number of hydrazone groups is 1. The van der Waals surface area contributed by atoms with Gasteiger partial charge in [-0.2, -0.15) is 18.4 Å². The first kappa shape index (κ1) is 19.3. The summed E-state index contributed by atoms with van der Waals surface area (Å²) in [5.74, 6) is 0. The van der Waals surface area contributed by atoms with E-state index >= 15 is 0 Å². The normalized spacial score (nSPS) is 11.5. The molecule has 0 aromatic heterocycles. The molecule has 0 unspecified atom stereocenters. The van der Waals surface area contributed by atoms with E-state index in [2.05, 4.69) is 9.93 Å². The summed E-state index contributed by atoms with van der Waals surface area (Å²) in [4.78, 5) is 12.4. The number of benzene rings is 2. The van der Waals surface area contributed by atoms with Gasteiger partial charge in [0, 0.05) is 12.1 Å². The van der Waals surface area contributed by atoms with Crippen molar-refractivity contribution in [2.24, 2.45) is 5.10 Å². The highest BCUT2D eigenvalue weighted by atomic mass is 32.2. The van der Waals surface area contributed by atoms with Crippen LogP contribution in [-0.4, -0.2) is 19.1 Å². The highest BCUT2D eigenvalue weighted by Crippen LogP contribution is 2.13. The molecule has 0 radical (unpaired) electrons. The van der Waals surface area contributed by atoms with Crippen LogP contribution in [0.4, 0.5) is 5.69 Å². The van der Waals surface area contributed by atoms with Gasteiger partial charge in [0.2, 0.25) is 0 Å². The van der Waals surface area contributed by atoms with Crippen molar-refractivity contribution >= 4 is 21.4 Å². The van der Waals surface area contributed by atoms with Gasteiger partial charge in [0.15, 0.2) is 0 Å². The second kappa shape index (κ2) is 7.69. The molecule has 8 heteroatoms. The second-order valence-electron chi connectivity index (χ2n) is 4.91. The molecule has 2 aromatic rings. The number of nitro benzene ring substituents is 1. The largest absolute Gasteiger partial charge is 0.276 e. The minimum absolute atomic E-state index is 0. The summed E-state index contributed by atoms with van der Waals surface area (Å²) in [6.07, 6.45) is 0. The average molecular weight is 349 g/mol. The van der Waals surface area contributed by atoms with Gasteiger partial charge in [-0.1, -0.05) is 25.1 Å². The fraction of sp³-hybridized carbons (Fsp3) is 0.188. The fourth-order valence-electron chi connectivity index (χ4n) is 1.79. The summed E-state index contributed by atoms with van der Waals surface area (Å²) < 4.78 is 24.2. The maximum Gasteiger partial charge on any atom is 0.276 e. The van der Waals surface area contributed by atoms with Crippen molar-refractivity contribution in [2.75, 3.05) is 0 Å². The predicted octanol–water partition coefficient (Wildman–Crippen LogP) is 3.24. The van der Waals surface area contributed by atoms with Gasteiger partial charge >= 0.3 is 0 Å².